The van der Waals surface area contributed by atoms with Gasteiger partial charge in [-0.25, -0.2) is 4.68 Å². The van der Waals surface area contributed by atoms with E-state index >= 15 is 0 Å². The van der Waals surface area contributed by atoms with E-state index in [2.05, 4.69) is 10.4 Å². The van der Waals surface area contributed by atoms with E-state index in [9.17, 15) is 19.5 Å². The predicted molar refractivity (Wildman–Crippen MR) is 111 cm³/mol. The van der Waals surface area contributed by atoms with Gasteiger partial charge in [-0.1, -0.05) is 18.2 Å². The summed E-state index contributed by atoms with van der Waals surface area (Å²) in [5.74, 6) is -0.367. The Kier molecular flexibility index (Phi) is 5.57. The van der Waals surface area contributed by atoms with Crippen molar-refractivity contribution in [2.75, 3.05) is 26.7 Å². The molecule has 1 saturated heterocycles. The summed E-state index contributed by atoms with van der Waals surface area (Å²) < 4.78 is 1.30. The van der Waals surface area contributed by atoms with Crippen molar-refractivity contribution in [3.05, 3.63) is 40.3 Å². The van der Waals surface area contributed by atoms with Crippen LogP contribution >= 0.6 is 0 Å². The number of rotatable bonds is 4. The molecule has 0 bridgehead atoms. The lowest BCUT2D eigenvalue weighted by Gasteiger charge is -2.35. The average Bonchev–Trinajstić information content (AvgIpc) is 3.14. The van der Waals surface area contributed by atoms with Gasteiger partial charge in [-0.15, -0.1) is 0 Å². The number of carbonyl (C=O) groups excluding carboxylic acids is 2. The quantitative estimate of drug-likeness (QED) is 0.720. The molecular formula is C21H27N5O4. The number of hydrogen-bond acceptors (Lipinski definition) is 6. The van der Waals surface area contributed by atoms with Crippen molar-refractivity contribution in [2.24, 2.45) is 0 Å². The Labute approximate surface area is 174 Å². The number of benzene rings is 1. The van der Waals surface area contributed by atoms with Gasteiger partial charge in [0.15, 0.2) is 5.69 Å². The van der Waals surface area contributed by atoms with Gasteiger partial charge >= 0.3 is 0 Å². The first kappa shape index (κ1) is 20.5. The first-order valence-electron chi connectivity index (χ1n) is 10.4. The summed E-state index contributed by atoms with van der Waals surface area (Å²) in [5.41, 5.74) is -0.0146. The standard InChI is InChI=1S/C21H27N5O4/c1-3-26-20(29)14-7-5-4-6-13(14)18(23-26)21(30)24(2)15-8-9-16(19(15)28)25-11-10-22-17(27)12-25/h4-7,15-16,19,28H,3,8-12H2,1-2H3,(H,22,27)/t15-,16-,19-/m1/s1. The topological polar surface area (TPSA) is 108 Å². The minimum Gasteiger partial charge on any atom is -0.389 e. The van der Waals surface area contributed by atoms with E-state index in [1.54, 1.807) is 38.2 Å². The Hall–Kier alpha value is -2.78. The van der Waals surface area contributed by atoms with Gasteiger partial charge in [-0.2, -0.15) is 5.10 Å². The SMILES string of the molecule is CCn1nc(C(=O)N(C)[C@@H]2CC[C@@H](N3CCNC(=O)C3)[C@@H]2O)c2ccccc2c1=O. The van der Waals surface area contributed by atoms with E-state index in [0.29, 0.717) is 43.2 Å². The molecule has 2 fully saturated rings. The summed E-state index contributed by atoms with van der Waals surface area (Å²) in [4.78, 5) is 41.2. The predicted octanol–water partition coefficient (Wildman–Crippen LogP) is -0.188. The Morgan fingerprint density at radius 2 is 2.00 bits per heavy atom. The third-order valence-corrected chi connectivity index (χ3v) is 6.27. The van der Waals surface area contributed by atoms with E-state index in [4.69, 9.17) is 0 Å². The van der Waals surface area contributed by atoms with Crippen LogP contribution in [-0.4, -0.2) is 81.4 Å². The number of carbonyl (C=O) groups is 2. The molecule has 2 heterocycles. The van der Waals surface area contributed by atoms with E-state index < -0.39 is 6.10 Å². The molecule has 4 rings (SSSR count). The van der Waals surface area contributed by atoms with Crippen LogP contribution in [0.25, 0.3) is 10.8 Å². The fourth-order valence-electron chi connectivity index (χ4n) is 4.63. The van der Waals surface area contributed by atoms with Gasteiger partial charge in [-0.05, 0) is 25.8 Å². The number of fused-ring (bicyclic) bond motifs is 1. The minimum absolute atomic E-state index is 0.0428. The maximum atomic E-state index is 13.4. The molecule has 0 radical (unpaired) electrons. The lowest BCUT2D eigenvalue weighted by molar-refractivity contribution is -0.125. The van der Waals surface area contributed by atoms with Gasteiger partial charge in [0, 0.05) is 38.1 Å². The smallest absolute Gasteiger partial charge is 0.275 e. The fraction of sp³-hybridized carbons (Fsp3) is 0.524. The molecule has 160 valence electrons. The van der Waals surface area contributed by atoms with Crippen LogP contribution in [0.5, 0.6) is 0 Å². The first-order valence-corrected chi connectivity index (χ1v) is 10.4. The summed E-state index contributed by atoms with van der Waals surface area (Å²) in [7, 11) is 1.67. The van der Waals surface area contributed by atoms with E-state index in [1.807, 2.05) is 4.90 Å². The third-order valence-electron chi connectivity index (χ3n) is 6.27. The highest BCUT2D eigenvalue weighted by molar-refractivity contribution is 6.04. The number of hydrogen-bond donors (Lipinski definition) is 2. The number of piperazine rings is 1. The first-order chi connectivity index (χ1) is 14.4. The van der Waals surface area contributed by atoms with Crippen molar-refractivity contribution in [1.82, 2.24) is 24.9 Å². The van der Waals surface area contributed by atoms with Crippen LogP contribution in [0.15, 0.2) is 29.1 Å². The number of amides is 2. The summed E-state index contributed by atoms with van der Waals surface area (Å²) in [6, 6.07) is 6.43. The summed E-state index contributed by atoms with van der Waals surface area (Å²) >= 11 is 0. The van der Waals surface area contributed by atoms with Gasteiger partial charge in [0.1, 0.15) is 0 Å². The van der Waals surface area contributed by atoms with Crippen LogP contribution in [0.4, 0.5) is 0 Å². The van der Waals surface area contributed by atoms with Gasteiger partial charge < -0.3 is 15.3 Å². The molecule has 1 aliphatic carbocycles. The molecule has 9 nitrogen and oxygen atoms in total. The summed E-state index contributed by atoms with van der Waals surface area (Å²) in [5, 5.41) is 19.1. The number of aliphatic hydroxyl groups is 1. The zero-order chi connectivity index (χ0) is 21.4. The highest BCUT2D eigenvalue weighted by atomic mass is 16.3. The van der Waals surface area contributed by atoms with E-state index in [1.165, 1.54) is 9.58 Å². The zero-order valence-electron chi connectivity index (χ0n) is 17.2. The van der Waals surface area contributed by atoms with Gasteiger partial charge in [0.2, 0.25) is 5.91 Å². The Morgan fingerprint density at radius 3 is 2.70 bits per heavy atom. The molecular weight excluding hydrogens is 386 g/mol. The number of aryl methyl sites for hydroxylation is 1. The van der Waals surface area contributed by atoms with Crippen LogP contribution in [0.2, 0.25) is 0 Å². The van der Waals surface area contributed by atoms with Crippen LogP contribution < -0.4 is 10.9 Å². The van der Waals surface area contributed by atoms with Crippen molar-refractivity contribution in [1.29, 1.82) is 0 Å². The van der Waals surface area contributed by atoms with Crippen LogP contribution in [0, 0.1) is 0 Å². The van der Waals surface area contributed by atoms with Crippen LogP contribution in [-0.2, 0) is 11.3 Å². The van der Waals surface area contributed by atoms with Crippen LogP contribution in [0.3, 0.4) is 0 Å². The van der Waals surface area contributed by atoms with E-state index in [-0.39, 0.29) is 41.7 Å². The Balaban J connectivity index is 1.61. The molecule has 2 N–H and O–H groups in total. The molecule has 30 heavy (non-hydrogen) atoms. The number of likely N-dealkylation sites (N-methyl/N-ethyl adjacent to an activating group) is 1. The van der Waals surface area contributed by atoms with Gasteiger partial charge in [-0.3, -0.25) is 19.3 Å². The van der Waals surface area contributed by atoms with E-state index in [0.717, 1.165) is 0 Å². The molecule has 9 heteroatoms. The van der Waals surface area contributed by atoms with Crippen molar-refractivity contribution in [2.45, 2.75) is 44.5 Å². The van der Waals surface area contributed by atoms with Crippen molar-refractivity contribution >= 4 is 22.6 Å². The largest absolute Gasteiger partial charge is 0.389 e. The maximum Gasteiger partial charge on any atom is 0.275 e. The summed E-state index contributed by atoms with van der Waals surface area (Å²) in [6.07, 6.45) is 0.588. The fourth-order valence-corrected chi connectivity index (χ4v) is 4.63. The number of aliphatic hydroxyl groups excluding tert-OH is 1. The highest BCUT2D eigenvalue weighted by Crippen LogP contribution is 2.29. The number of aromatic nitrogens is 2. The van der Waals surface area contributed by atoms with Crippen LogP contribution in [0.1, 0.15) is 30.3 Å². The van der Waals surface area contributed by atoms with Crippen molar-refractivity contribution in [3.8, 4) is 0 Å². The molecule has 1 aliphatic heterocycles. The maximum absolute atomic E-state index is 13.4. The molecule has 0 spiro atoms. The molecule has 1 aromatic carbocycles. The second-order valence-electron chi connectivity index (χ2n) is 7.95. The number of nitrogens with one attached hydrogen (secondary N) is 1. The molecule has 2 amide bonds. The Bertz CT molecular complexity index is 1040. The monoisotopic (exact) mass is 413 g/mol. The normalized spacial score (nSPS) is 24.8. The molecule has 3 atom stereocenters. The van der Waals surface area contributed by atoms with Crippen molar-refractivity contribution in [3.63, 3.8) is 0 Å². The minimum atomic E-state index is -0.756. The lowest BCUT2D eigenvalue weighted by atomic mass is 10.1. The molecule has 0 unspecified atom stereocenters. The highest BCUT2D eigenvalue weighted by Gasteiger charge is 2.43. The second-order valence-corrected chi connectivity index (χ2v) is 7.95. The average molecular weight is 413 g/mol. The zero-order valence-corrected chi connectivity index (χ0v) is 17.2. The molecule has 2 aliphatic rings. The Morgan fingerprint density at radius 1 is 1.27 bits per heavy atom. The molecule has 1 aromatic heterocycles. The summed E-state index contributed by atoms with van der Waals surface area (Å²) in [6.45, 7) is 3.68. The molecule has 1 saturated carbocycles. The van der Waals surface area contributed by atoms with Crippen molar-refractivity contribution < 1.29 is 14.7 Å². The third kappa shape index (κ3) is 3.48. The number of nitrogens with zero attached hydrogens (tertiary/aromatic N) is 4. The second kappa shape index (κ2) is 8.16. The van der Waals surface area contributed by atoms with Gasteiger partial charge in [0.05, 0.1) is 24.1 Å². The lowest BCUT2D eigenvalue weighted by Crippen LogP contribution is -2.55. The molecule has 2 aromatic rings. The van der Waals surface area contributed by atoms with Gasteiger partial charge in [0.25, 0.3) is 11.5 Å².